The van der Waals surface area contributed by atoms with E-state index in [4.69, 9.17) is 24.2 Å². The number of nitrogens with one attached hydrogen (secondary N) is 4. The Morgan fingerprint density at radius 1 is 0.901 bits per heavy atom. The maximum absolute atomic E-state index is 14.0. The zero-order valence-electron chi connectivity index (χ0n) is 39.3. The molecule has 23 nitrogen and oxygen atoms in total. The molecule has 9 heterocycles. The van der Waals surface area contributed by atoms with Crippen LogP contribution in [0.2, 0.25) is 0 Å². The van der Waals surface area contributed by atoms with Crippen molar-refractivity contribution in [3.8, 4) is 18.1 Å². The number of ether oxygens (including phenoxy) is 3. The highest BCUT2D eigenvalue weighted by Gasteiger charge is 2.71. The van der Waals surface area contributed by atoms with E-state index < -0.39 is 11.9 Å². The molecular weight excluding hydrogens is 911 g/mol. The summed E-state index contributed by atoms with van der Waals surface area (Å²) in [5.41, 5.74) is 3.31. The van der Waals surface area contributed by atoms with Crippen LogP contribution in [0, 0.1) is 34.5 Å². The van der Waals surface area contributed by atoms with E-state index in [2.05, 4.69) is 76.8 Å². The van der Waals surface area contributed by atoms with Gasteiger partial charge in [0.1, 0.15) is 24.4 Å². The third-order valence-corrected chi connectivity index (χ3v) is 15.7. The Morgan fingerprint density at radius 3 is 2.37 bits per heavy atom. The summed E-state index contributed by atoms with van der Waals surface area (Å²) in [5.74, 6) is 1.00. The van der Waals surface area contributed by atoms with Gasteiger partial charge in [0.25, 0.3) is 11.8 Å². The van der Waals surface area contributed by atoms with Gasteiger partial charge in [-0.25, -0.2) is 15.0 Å². The molecule has 1 unspecified atom stereocenters. The number of nitrogens with zero attached hydrogens (tertiary/aromatic N) is 13. The lowest BCUT2D eigenvalue weighted by Crippen LogP contribution is -2.76. The number of nitriles is 1. The Kier molecular flexibility index (Phi) is 11.5. The number of aliphatic hydroxyl groups is 1. The van der Waals surface area contributed by atoms with Crippen molar-refractivity contribution in [2.75, 3.05) is 62.4 Å². The van der Waals surface area contributed by atoms with Crippen LogP contribution in [0.25, 0.3) is 22.1 Å². The molecule has 4 saturated carbocycles. The second-order valence-corrected chi connectivity index (χ2v) is 20.5. The number of aromatic amines is 2. The molecule has 6 aromatic heterocycles. The molecule has 5 atom stereocenters. The van der Waals surface area contributed by atoms with Crippen LogP contribution in [0.15, 0.2) is 36.9 Å². The third-order valence-electron chi connectivity index (χ3n) is 15.7. The van der Waals surface area contributed by atoms with E-state index in [1.807, 2.05) is 12.1 Å². The van der Waals surface area contributed by atoms with Crippen molar-refractivity contribution in [2.45, 2.75) is 94.2 Å². The van der Waals surface area contributed by atoms with Crippen molar-refractivity contribution >= 4 is 45.6 Å². The molecule has 2 amide bonds. The van der Waals surface area contributed by atoms with Gasteiger partial charge in [0.2, 0.25) is 11.8 Å². The Hall–Kier alpha value is -7.19. The molecule has 5 N–H and O–H groups in total. The lowest BCUT2D eigenvalue weighted by molar-refractivity contribution is -0.184. The van der Waals surface area contributed by atoms with Crippen LogP contribution in [0.5, 0.6) is 12.0 Å². The molecule has 6 aromatic rings. The molecule has 13 rings (SSSR count). The number of hydrogen-bond acceptors (Lipinski definition) is 19. The van der Waals surface area contributed by atoms with Crippen LogP contribution in [-0.2, 0) is 4.74 Å². The number of rotatable bonds is 16. The van der Waals surface area contributed by atoms with Gasteiger partial charge in [-0.15, -0.1) is 0 Å². The van der Waals surface area contributed by atoms with Crippen molar-refractivity contribution < 1.29 is 28.9 Å². The molecule has 0 spiro atoms. The number of aromatic nitrogens is 12. The number of aliphatic hydroxyl groups excluding tert-OH is 1. The standard InChI is InChI=1S/C48H55N17O6/c1-26(18-66)53-42(67)35-15-36(64-9-4-27(5-10-64)37-33-3-2-8-51-39(33)62-60-37)55-45(54-35)71-21-32-14-31(20-69-32)47-22-48(23-47,24-47)59-43(68)41-56-44(58-46(57-41)70-19-30-13-29(30)16-49)65-11-6-28(7-12-65)38-34-17-50-25-52-40(34)63-61-38/h2-3,8,15,17,25-32,66H,4-7,9-14,18-24H2,1H3,(H,53,67)(H,59,68)(H,51,60,62)(H,50,52,61,63)/t26-,29+,30-,31?,32-,47?,48?/m1/s1. The number of pyridine rings is 1. The minimum absolute atomic E-state index is 0.00945. The summed E-state index contributed by atoms with van der Waals surface area (Å²) in [6.45, 7) is 5.28. The smallest absolute Gasteiger partial charge is 0.321 e. The summed E-state index contributed by atoms with van der Waals surface area (Å²) in [5, 5.41) is 42.2. The predicted molar refractivity (Wildman–Crippen MR) is 252 cm³/mol. The molecule has 71 heavy (non-hydrogen) atoms. The molecule has 0 aromatic carbocycles. The van der Waals surface area contributed by atoms with Gasteiger partial charge in [0, 0.05) is 79.4 Å². The Morgan fingerprint density at radius 2 is 1.62 bits per heavy atom. The monoisotopic (exact) mass is 965 g/mol. The second-order valence-electron chi connectivity index (χ2n) is 20.5. The van der Waals surface area contributed by atoms with Gasteiger partial charge < -0.3 is 39.8 Å². The van der Waals surface area contributed by atoms with Crippen molar-refractivity contribution in [1.29, 1.82) is 5.26 Å². The third kappa shape index (κ3) is 8.76. The normalized spacial score (nSPS) is 26.6. The molecule has 7 aliphatic rings. The maximum atomic E-state index is 14.0. The van der Waals surface area contributed by atoms with Crippen LogP contribution >= 0.6 is 0 Å². The van der Waals surface area contributed by atoms with Gasteiger partial charge in [0.05, 0.1) is 54.7 Å². The van der Waals surface area contributed by atoms with Crippen LogP contribution < -0.4 is 29.9 Å². The SMILES string of the molecule is C[C@H](CO)NC(=O)c1cc(N2CCC(c3n[nH]c4ncccc34)CC2)nc(OC[C@H]2CC(C34CC(NC(=O)c5nc(OC[C@H]6C[C@H]6C#N)nc(N6CCC(c7n[nH]c8ncncc78)CC6)n5)(C3)C4)CO2)n1. The lowest BCUT2D eigenvalue weighted by Gasteiger charge is -2.72. The van der Waals surface area contributed by atoms with E-state index in [1.165, 1.54) is 6.33 Å². The fourth-order valence-corrected chi connectivity index (χ4v) is 11.7. The summed E-state index contributed by atoms with van der Waals surface area (Å²) in [4.78, 5) is 67.5. The van der Waals surface area contributed by atoms with Crippen molar-refractivity contribution in [3.05, 3.63) is 59.8 Å². The minimum atomic E-state index is -0.459. The van der Waals surface area contributed by atoms with E-state index in [0.29, 0.717) is 56.8 Å². The number of carbonyl (C=O) groups excluding carboxylic acids is 2. The Bertz CT molecular complexity index is 3000. The largest absolute Gasteiger partial charge is 0.463 e. The topological polar surface area (TPSA) is 297 Å². The zero-order valence-corrected chi connectivity index (χ0v) is 39.3. The van der Waals surface area contributed by atoms with Crippen molar-refractivity contribution in [2.24, 2.45) is 23.2 Å². The fraction of sp³-hybridized carbons (Fsp3) is 0.562. The summed E-state index contributed by atoms with van der Waals surface area (Å²) < 4.78 is 18.5. The van der Waals surface area contributed by atoms with E-state index >= 15 is 0 Å². The zero-order chi connectivity index (χ0) is 48.3. The van der Waals surface area contributed by atoms with Crippen LogP contribution in [0.1, 0.15) is 109 Å². The average Bonchev–Trinajstić information content (AvgIpc) is 3.65. The average molecular weight is 966 g/mol. The minimum Gasteiger partial charge on any atom is -0.463 e. The molecule has 2 bridgehead atoms. The number of amides is 2. The van der Waals surface area contributed by atoms with Crippen molar-refractivity contribution in [1.82, 2.24) is 70.9 Å². The van der Waals surface area contributed by atoms with Crippen LogP contribution in [0.3, 0.4) is 0 Å². The first-order chi connectivity index (χ1) is 34.6. The summed E-state index contributed by atoms with van der Waals surface area (Å²) >= 11 is 0. The molecule has 368 valence electrons. The maximum Gasteiger partial charge on any atom is 0.321 e. The lowest BCUT2D eigenvalue weighted by atomic mass is 9.35. The van der Waals surface area contributed by atoms with E-state index in [0.717, 1.165) is 85.6 Å². The first kappa shape index (κ1) is 45.0. The summed E-state index contributed by atoms with van der Waals surface area (Å²) in [6.07, 6.45) is 12.1. The van der Waals surface area contributed by atoms with Crippen molar-refractivity contribution in [3.63, 3.8) is 0 Å². The van der Waals surface area contributed by atoms with E-state index in [9.17, 15) is 20.0 Å². The predicted octanol–water partition coefficient (Wildman–Crippen LogP) is 3.15. The number of hydrogen-bond donors (Lipinski definition) is 5. The molecule has 3 aliphatic heterocycles. The number of carbonyl (C=O) groups is 2. The molecule has 7 fully saturated rings. The van der Waals surface area contributed by atoms with E-state index in [-0.39, 0.29) is 89.3 Å². The highest BCUT2D eigenvalue weighted by Crippen LogP contribution is 2.72. The number of anilines is 2. The highest BCUT2D eigenvalue weighted by molar-refractivity contribution is 5.93. The summed E-state index contributed by atoms with van der Waals surface area (Å²) in [6, 6.07) is 7.65. The van der Waals surface area contributed by atoms with Crippen LogP contribution in [0.4, 0.5) is 11.8 Å². The van der Waals surface area contributed by atoms with Gasteiger partial charge in [-0.1, -0.05) is 0 Å². The van der Waals surface area contributed by atoms with Crippen LogP contribution in [-0.4, -0.2) is 147 Å². The highest BCUT2D eigenvalue weighted by atomic mass is 16.5. The molecule has 0 radical (unpaired) electrons. The fourth-order valence-electron chi connectivity index (χ4n) is 11.7. The second kappa shape index (κ2) is 18.2. The molecule has 3 saturated heterocycles. The van der Waals surface area contributed by atoms with E-state index in [1.54, 1.807) is 25.4 Å². The van der Waals surface area contributed by atoms with Gasteiger partial charge >= 0.3 is 12.0 Å². The van der Waals surface area contributed by atoms with Gasteiger partial charge in [-0.05, 0) is 88.2 Å². The van der Waals surface area contributed by atoms with Gasteiger partial charge in [-0.2, -0.15) is 40.4 Å². The quantitative estimate of drug-likeness (QED) is 0.0931. The van der Waals surface area contributed by atoms with Gasteiger partial charge in [0.15, 0.2) is 11.3 Å². The molecular formula is C48H55N17O6. The number of piperidine rings is 2. The first-order valence-corrected chi connectivity index (χ1v) is 24.7. The Balaban J connectivity index is 0.666. The number of H-pyrrole nitrogens is 2. The van der Waals surface area contributed by atoms with Gasteiger partial charge in [-0.3, -0.25) is 19.8 Å². The summed E-state index contributed by atoms with van der Waals surface area (Å²) in [7, 11) is 0. The molecule has 4 aliphatic carbocycles. The Labute approximate surface area is 407 Å². The molecule has 23 heteroatoms. The number of fused-ring (bicyclic) bond motifs is 2. The first-order valence-electron chi connectivity index (χ1n) is 24.7.